The molecule has 0 aliphatic carbocycles. The Morgan fingerprint density at radius 3 is 2.96 bits per heavy atom. The van der Waals surface area contributed by atoms with Crippen molar-refractivity contribution in [2.45, 2.75) is 12.8 Å². The van der Waals surface area contributed by atoms with E-state index in [1.165, 1.54) is 6.07 Å². The number of nitrogens with two attached hydrogens (primary N) is 1. The highest BCUT2D eigenvalue weighted by Crippen LogP contribution is 2.28. The van der Waals surface area contributed by atoms with Gasteiger partial charge in [-0.05, 0) is 37.4 Å². The first-order valence-electron chi connectivity index (χ1n) is 8.31. The van der Waals surface area contributed by atoms with Crippen molar-refractivity contribution in [3.63, 3.8) is 0 Å². The summed E-state index contributed by atoms with van der Waals surface area (Å²) < 4.78 is 16.0. The Morgan fingerprint density at radius 1 is 1.25 bits per heavy atom. The van der Waals surface area contributed by atoms with Gasteiger partial charge < -0.3 is 10.6 Å². The molecular weight excluding hydrogens is 305 g/mol. The smallest absolute Gasteiger partial charge is 0.157 e. The van der Waals surface area contributed by atoms with E-state index in [0.717, 1.165) is 37.4 Å². The summed E-state index contributed by atoms with van der Waals surface area (Å²) in [5.41, 5.74) is 7.73. The molecule has 3 aromatic rings. The zero-order chi connectivity index (χ0) is 16.5. The third-order valence-corrected chi connectivity index (χ3v) is 4.67. The maximum Gasteiger partial charge on any atom is 0.157 e. The third-order valence-electron chi connectivity index (χ3n) is 4.67. The Balaban J connectivity index is 1.83. The second-order valence-electron chi connectivity index (χ2n) is 6.27. The number of benzene rings is 1. The minimum absolute atomic E-state index is 0.265. The standard InChI is InChI=1S/C18H20FN5/c19-15-6-2-1-5-14(15)16-10-18(24-17(22-16)7-8-21-24)23-9-3-4-13(11-20)12-23/h1-2,5-8,10,13H,3-4,9,11-12,20H2/t13-/m0/s1. The largest absolute Gasteiger partial charge is 0.356 e. The number of hydrogen-bond acceptors (Lipinski definition) is 4. The fraction of sp³-hybridized carbons (Fsp3) is 0.333. The fourth-order valence-electron chi connectivity index (χ4n) is 3.39. The summed E-state index contributed by atoms with van der Waals surface area (Å²) in [4.78, 5) is 6.85. The van der Waals surface area contributed by atoms with Crippen molar-refractivity contribution in [1.29, 1.82) is 0 Å². The predicted molar refractivity (Wildman–Crippen MR) is 92.4 cm³/mol. The molecule has 0 spiro atoms. The van der Waals surface area contributed by atoms with E-state index in [1.54, 1.807) is 18.3 Å². The van der Waals surface area contributed by atoms with Crippen LogP contribution in [0.15, 0.2) is 42.6 Å². The van der Waals surface area contributed by atoms with Crippen LogP contribution in [0.4, 0.5) is 10.2 Å². The molecule has 1 aliphatic heterocycles. The Labute approximate surface area is 139 Å². The van der Waals surface area contributed by atoms with E-state index in [1.807, 2.05) is 22.7 Å². The summed E-state index contributed by atoms with van der Waals surface area (Å²) in [5, 5.41) is 4.39. The molecule has 0 amide bonds. The van der Waals surface area contributed by atoms with Crippen molar-refractivity contribution >= 4 is 11.5 Å². The van der Waals surface area contributed by atoms with E-state index < -0.39 is 0 Å². The van der Waals surface area contributed by atoms with E-state index in [0.29, 0.717) is 23.7 Å². The molecule has 2 N–H and O–H groups in total. The van der Waals surface area contributed by atoms with Crippen LogP contribution in [-0.2, 0) is 0 Å². The highest BCUT2D eigenvalue weighted by atomic mass is 19.1. The SMILES string of the molecule is NC[C@@H]1CCCN(c2cc(-c3ccccc3F)nc3ccnn23)C1. The average Bonchev–Trinajstić information content (AvgIpc) is 3.10. The van der Waals surface area contributed by atoms with Crippen LogP contribution in [0.3, 0.4) is 0 Å². The van der Waals surface area contributed by atoms with Gasteiger partial charge in [0.1, 0.15) is 11.6 Å². The molecule has 2 aromatic heterocycles. The lowest BCUT2D eigenvalue weighted by molar-refractivity contribution is 0.420. The van der Waals surface area contributed by atoms with E-state index in [2.05, 4.69) is 15.0 Å². The van der Waals surface area contributed by atoms with E-state index in [-0.39, 0.29) is 5.82 Å². The second kappa shape index (κ2) is 6.20. The highest BCUT2D eigenvalue weighted by Gasteiger charge is 2.22. The molecule has 6 heteroatoms. The molecule has 1 saturated heterocycles. The van der Waals surface area contributed by atoms with E-state index in [9.17, 15) is 4.39 Å². The van der Waals surface area contributed by atoms with E-state index in [4.69, 9.17) is 5.73 Å². The van der Waals surface area contributed by atoms with Crippen LogP contribution in [-0.4, -0.2) is 34.2 Å². The molecule has 1 aliphatic rings. The zero-order valence-corrected chi connectivity index (χ0v) is 13.4. The minimum atomic E-state index is -0.265. The fourth-order valence-corrected chi connectivity index (χ4v) is 3.39. The summed E-state index contributed by atoms with van der Waals surface area (Å²) in [6.07, 6.45) is 3.98. The summed E-state index contributed by atoms with van der Waals surface area (Å²) in [6.45, 7) is 2.53. The van der Waals surface area contributed by atoms with Crippen molar-refractivity contribution in [2.75, 3.05) is 24.5 Å². The highest BCUT2D eigenvalue weighted by molar-refractivity contribution is 5.67. The topological polar surface area (TPSA) is 59.5 Å². The lowest BCUT2D eigenvalue weighted by Crippen LogP contribution is -2.39. The molecule has 0 bridgehead atoms. The number of anilines is 1. The van der Waals surface area contributed by atoms with Gasteiger partial charge in [0.05, 0.1) is 11.9 Å². The molecule has 1 aromatic carbocycles. The summed E-state index contributed by atoms with van der Waals surface area (Å²) >= 11 is 0. The van der Waals surface area contributed by atoms with Gasteiger partial charge in [0.15, 0.2) is 5.65 Å². The Morgan fingerprint density at radius 2 is 2.12 bits per heavy atom. The van der Waals surface area contributed by atoms with Gasteiger partial charge in [-0.15, -0.1) is 0 Å². The van der Waals surface area contributed by atoms with Crippen molar-refractivity contribution in [3.8, 4) is 11.3 Å². The van der Waals surface area contributed by atoms with Gasteiger partial charge in [0.25, 0.3) is 0 Å². The van der Waals surface area contributed by atoms with Crippen LogP contribution in [0.25, 0.3) is 16.9 Å². The number of halogens is 1. The Bertz CT molecular complexity index is 859. The van der Waals surface area contributed by atoms with Crippen molar-refractivity contribution < 1.29 is 4.39 Å². The van der Waals surface area contributed by atoms with E-state index >= 15 is 0 Å². The zero-order valence-electron chi connectivity index (χ0n) is 13.4. The number of nitrogens with zero attached hydrogens (tertiary/aromatic N) is 4. The molecule has 124 valence electrons. The molecule has 5 nitrogen and oxygen atoms in total. The molecule has 1 atom stereocenters. The number of aromatic nitrogens is 3. The quantitative estimate of drug-likeness (QED) is 0.804. The molecule has 0 unspecified atom stereocenters. The number of hydrogen-bond donors (Lipinski definition) is 1. The van der Waals surface area contributed by atoms with Crippen LogP contribution in [0.5, 0.6) is 0 Å². The van der Waals surface area contributed by atoms with Crippen LogP contribution in [0.1, 0.15) is 12.8 Å². The molecule has 3 heterocycles. The summed E-state index contributed by atoms with van der Waals surface area (Å²) in [7, 11) is 0. The molecule has 0 radical (unpaired) electrons. The normalized spacial score (nSPS) is 18.2. The van der Waals surface area contributed by atoms with Crippen molar-refractivity contribution in [2.24, 2.45) is 11.7 Å². The number of fused-ring (bicyclic) bond motifs is 1. The van der Waals surface area contributed by atoms with Gasteiger partial charge >= 0.3 is 0 Å². The molecular formula is C18H20FN5. The van der Waals surface area contributed by atoms with Gasteiger partial charge in [0.2, 0.25) is 0 Å². The first-order valence-corrected chi connectivity index (χ1v) is 8.31. The monoisotopic (exact) mass is 325 g/mol. The molecule has 1 fully saturated rings. The first-order chi connectivity index (χ1) is 11.8. The first kappa shape index (κ1) is 15.1. The summed E-state index contributed by atoms with van der Waals surface area (Å²) in [6, 6.07) is 10.5. The second-order valence-corrected chi connectivity index (χ2v) is 6.27. The van der Waals surface area contributed by atoms with Gasteiger partial charge in [-0.3, -0.25) is 0 Å². The predicted octanol–water partition coefficient (Wildman–Crippen LogP) is 2.71. The maximum absolute atomic E-state index is 14.2. The van der Waals surface area contributed by atoms with Crippen molar-refractivity contribution in [3.05, 3.63) is 48.4 Å². The van der Waals surface area contributed by atoms with Gasteiger partial charge in [-0.1, -0.05) is 12.1 Å². The van der Waals surface area contributed by atoms with Crippen LogP contribution in [0.2, 0.25) is 0 Å². The lowest BCUT2D eigenvalue weighted by atomic mass is 9.98. The van der Waals surface area contributed by atoms with Crippen LogP contribution in [0, 0.1) is 11.7 Å². The molecule has 24 heavy (non-hydrogen) atoms. The maximum atomic E-state index is 14.2. The van der Waals surface area contributed by atoms with Gasteiger partial charge in [-0.2, -0.15) is 9.61 Å². The van der Waals surface area contributed by atoms with Crippen molar-refractivity contribution in [1.82, 2.24) is 14.6 Å². The minimum Gasteiger partial charge on any atom is -0.356 e. The summed E-state index contributed by atoms with van der Waals surface area (Å²) in [5.74, 6) is 1.16. The Kier molecular flexibility index (Phi) is 3.90. The Hall–Kier alpha value is -2.47. The average molecular weight is 325 g/mol. The number of piperidine rings is 1. The molecule has 4 rings (SSSR count). The van der Waals surface area contributed by atoms with Crippen LogP contribution < -0.4 is 10.6 Å². The number of rotatable bonds is 3. The van der Waals surface area contributed by atoms with Gasteiger partial charge in [-0.25, -0.2) is 9.37 Å². The van der Waals surface area contributed by atoms with Crippen LogP contribution >= 0.6 is 0 Å². The van der Waals surface area contributed by atoms with Gasteiger partial charge in [0, 0.05) is 30.8 Å². The lowest BCUT2D eigenvalue weighted by Gasteiger charge is -2.34. The third kappa shape index (κ3) is 2.63. The molecule has 0 saturated carbocycles.